The molecule has 0 saturated heterocycles. The normalized spacial score (nSPS) is 15.4. The molecule has 0 aliphatic carbocycles. The van der Waals surface area contributed by atoms with Crippen molar-refractivity contribution >= 4 is 38.3 Å². The molecule has 3 aromatic rings. The minimum Gasteiger partial charge on any atom is -0.485 e. The van der Waals surface area contributed by atoms with Crippen LogP contribution in [0.2, 0.25) is 0 Å². The summed E-state index contributed by atoms with van der Waals surface area (Å²) >= 11 is 1.33. The highest BCUT2D eigenvalue weighted by Gasteiger charge is 2.29. The van der Waals surface area contributed by atoms with Crippen LogP contribution >= 0.6 is 11.3 Å². The van der Waals surface area contributed by atoms with E-state index in [1.165, 1.54) is 11.3 Å². The van der Waals surface area contributed by atoms with E-state index in [0.29, 0.717) is 22.1 Å². The van der Waals surface area contributed by atoms with Gasteiger partial charge in [-0.05, 0) is 25.1 Å². The number of anilines is 1. The van der Waals surface area contributed by atoms with E-state index in [4.69, 9.17) is 14.2 Å². The second-order valence-electron chi connectivity index (χ2n) is 5.88. The molecular weight excluding hydrogens is 366 g/mol. The zero-order valence-electron chi connectivity index (χ0n) is 14.6. The largest absolute Gasteiger partial charge is 0.485 e. The van der Waals surface area contributed by atoms with Crippen LogP contribution in [0, 0.1) is 0 Å². The Balaban J connectivity index is 1.61. The van der Waals surface area contributed by atoms with Crippen LogP contribution < -0.4 is 14.8 Å². The Morgan fingerprint density at radius 1 is 1.15 bits per heavy atom. The lowest BCUT2D eigenvalue weighted by Gasteiger charge is -2.25. The summed E-state index contributed by atoms with van der Waals surface area (Å²) in [5.74, 6) is 0.291. The van der Waals surface area contributed by atoms with Gasteiger partial charge >= 0.3 is 5.97 Å². The van der Waals surface area contributed by atoms with Crippen molar-refractivity contribution in [2.24, 2.45) is 0 Å². The number of carbonyl (C=O) groups excluding carboxylic acids is 2. The first-order chi connectivity index (χ1) is 13.2. The molecule has 27 heavy (non-hydrogen) atoms. The summed E-state index contributed by atoms with van der Waals surface area (Å²) in [5.41, 5.74) is 0.364. The second-order valence-corrected chi connectivity index (χ2v) is 6.93. The van der Waals surface area contributed by atoms with Gasteiger partial charge in [-0.15, -0.1) is 11.3 Å². The van der Waals surface area contributed by atoms with E-state index in [1.54, 1.807) is 19.1 Å². The minimum absolute atomic E-state index is 0.0997. The van der Waals surface area contributed by atoms with Gasteiger partial charge in [0, 0.05) is 10.1 Å². The van der Waals surface area contributed by atoms with Crippen LogP contribution in [0.5, 0.6) is 11.5 Å². The van der Waals surface area contributed by atoms with Gasteiger partial charge < -0.3 is 19.5 Å². The van der Waals surface area contributed by atoms with Crippen molar-refractivity contribution < 1.29 is 23.8 Å². The van der Waals surface area contributed by atoms with E-state index in [2.05, 4.69) is 5.32 Å². The molecule has 138 valence electrons. The Kier molecular flexibility index (Phi) is 4.68. The lowest BCUT2D eigenvalue weighted by Crippen LogP contribution is -2.40. The van der Waals surface area contributed by atoms with Crippen LogP contribution in [0.4, 0.5) is 5.00 Å². The monoisotopic (exact) mass is 383 g/mol. The van der Waals surface area contributed by atoms with Gasteiger partial charge in [-0.25, -0.2) is 4.79 Å². The quantitative estimate of drug-likeness (QED) is 0.693. The first kappa shape index (κ1) is 17.4. The highest BCUT2D eigenvalue weighted by Crippen LogP contribution is 2.37. The molecule has 0 spiro atoms. The second kappa shape index (κ2) is 7.28. The lowest BCUT2D eigenvalue weighted by molar-refractivity contribution is -0.125. The van der Waals surface area contributed by atoms with E-state index in [0.717, 1.165) is 10.1 Å². The predicted octanol–water partition coefficient (Wildman–Crippen LogP) is 3.86. The molecule has 2 heterocycles. The molecule has 7 heteroatoms. The van der Waals surface area contributed by atoms with Gasteiger partial charge in [0.15, 0.2) is 11.5 Å². The van der Waals surface area contributed by atoms with Crippen LogP contribution in [0.25, 0.3) is 10.1 Å². The number of para-hydroxylation sites is 2. The van der Waals surface area contributed by atoms with Crippen LogP contribution in [0.3, 0.4) is 0 Å². The van der Waals surface area contributed by atoms with E-state index in [-0.39, 0.29) is 19.1 Å². The number of rotatable bonds is 4. The summed E-state index contributed by atoms with van der Waals surface area (Å²) in [5, 5.41) is 4.01. The minimum atomic E-state index is -0.805. The highest BCUT2D eigenvalue weighted by atomic mass is 32.1. The van der Waals surface area contributed by atoms with E-state index in [9.17, 15) is 9.59 Å². The SMILES string of the molecule is CCOC(=O)c1c(NC(=O)[C@@H]2COc3ccccc3O2)sc2ccccc12. The number of hydrogen-bond acceptors (Lipinski definition) is 6. The van der Waals surface area contributed by atoms with Crippen molar-refractivity contribution in [3.8, 4) is 11.5 Å². The molecular formula is C20H17NO5S. The first-order valence-electron chi connectivity index (χ1n) is 8.55. The molecule has 1 atom stereocenters. The molecule has 1 N–H and O–H groups in total. The maximum Gasteiger partial charge on any atom is 0.341 e. The third-order valence-electron chi connectivity index (χ3n) is 4.11. The molecule has 1 aliphatic heterocycles. The van der Waals surface area contributed by atoms with Gasteiger partial charge in [0.05, 0.1) is 6.61 Å². The summed E-state index contributed by atoms with van der Waals surface area (Å²) in [6, 6.07) is 14.6. The molecule has 1 aliphatic rings. The summed E-state index contributed by atoms with van der Waals surface area (Å²) < 4.78 is 17.4. The summed E-state index contributed by atoms with van der Waals surface area (Å²) in [6.07, 6.45) is -0.805. The van der Waals surface area contributed by atoms with Crippen molar-refractivity contribution in [3.63, 3.8) is 0 Å². The zero-order chi connectivity index (χ0) is 18.8. The molecule has 2 aromatic carbocycles. The standard InChI is InChI=1S/C20H17NO5S/c1-2-24-20(23)17-12-7-3-6-10-16(12)27-19(17)21-18(22)15-11-25-13-8-4-5-9-14(13)26-15/h3-10,15H,2,11H2,1H3,(H,21,22)/t15-/m0/s1. The van der Waals surface area contributed by atoms with Crippen LogP contribution in [-0.4, -0.2) is 31.2 Å². The van der Waals surface area contributed by atoms with Crippen molar-refractivity contribution in [1.82, 2.24) is 0 Å². The number of benzene rings is 2. The van der Waals surface area contributed by atoms with Gasteiger partial charge in [-0.1, -0.05) is 30.3 Å². The van der Waals surface area contributed by atoms with Crippen molar-refractivity contribution in [2.75, 3.05) is 18.5 Å². The third kappa shape index (κ3) is 3.33. The highest BCUT2D eigenvalue weighted by molar-refractivity contribution is 7.23. The van der Waals surface area contributed by atoms with Crippen LogP contribution in [-0.2, 0) is 9.53 Å². The fourth-order valence-electron chi connectivity index (χ4n) is 2.88. The number of nitrogens with one attached hydrogen (secondary N) is 1. The van der Waals surface area contributed by atoms with E-state index in [1.807, 2.05) is 36.4 Å². The van der Waals surface area contributed by atoms with Crippen molar-refractivity contribution in [2.45, 2.75) is 13.0 Å². The van der Waals surface area contributed by atoms with Gasteiger partial charge in [0.25, 0.3) is 5.91 Å². The Morgan fingerprint density at radius 2 is 1.89 bits per heavy atom. The number of amides is 1. The average molecular weight is 383 g/mol. The zero-order valence-corrected chi connectivity index (χ0v) is 15.4. The Hall–Kier alpha value is -3.06. The smallest absolute Gasteiger partial charge is 0.341 e. The van der Waals surface area contributed by atoms with Crippen molar-refractivity contribution in [3.05, 3.63) is 54.1 Å². The lowest BCUT2D eigenvalue weighted by atomic mass is 10.1. The Labute approximate surface area is 159 Å². The molecule has 0 unspecified atom stereocenters. The fraction of sp³-hybridized carbons (Fsp3) is 0.200. The van der Waals surface area contributed by atoms with E-state index >= 15 is 0 Å². The predicted molar refractivity (Wildman–Crippen MR) is 103 cm³/mol. The maximum absolute atomic E-state index is 12.7. The number of fused-ring (bicyclic) bond motifs is 2. The van der Waals surface area contributed by atoms with Crippen molar-refractivity contribution in [1.29, 1.82) is 0 Å². The molecule has 1 amide bonds. The Morgan fingerprint density at radius 3 is 2.70 bits per heavy atom. The van der Waals surface area contributed by atoms with Gasteiger partial charge in [-0.3, -0.25) is 4.79 Å². The number of hydrogen-bond donors (Lipinski definition) is 1. The molecule has 4 rings (SSSR count). The average Bonchev–Trinajstić information content (AvgIpc) is 3.05. The van der Waals surface area contributed by atoms with Gasteiger partial charge in [0.2, 0.25) is 6.10 Å². The van der Waals surface area contributed by atoms with Crippen LogP contribution in [0.15, 0.2) is 48.5 Å². The number of thiophene rings is 1. The third-order valence-corrected chi connectivity index (χ3v) is 5.20. The first-order valence-corrected chi connectivity index (χ1v) is 9.37. The topological polar surface area (TPSA) is 73.9 Å². The molecule has 0 radical (unpaired) electrons. The molecule has 1 aromatic heterocycles. The van der Waals surface area contributed by atoms with Gasteiger partial charge in [-0.2, -0.15) is 0 Å². The molecule has 0 saturated carbocycles. The Bertz CT molecular complexity index is 1010. The molecule has 0 fully saturated rings. The number of ether oxygens (including phenoxy) is 3. The molecule has 6 nitrogen and oxygen atoms in total. The fourth-order valence-corrected chi connectivity index (χ4v) is 3.97. The maximum atomic E-state index is 12.7. The summed E-state index contributed by atoms with van der Waals surface area (Å²) in [6.45, 7) is 2.10. The number of carbonyl (C=O) groups is 2. The summed E-state index contributed by atoms with van der Waals surface area (Å²) in [4.78, 5) is 25.2. The van der Waals surface area contributed by atoms with E-state index < -0.39 is 12.1 Å². The van der Waals surface area contributed by atoms with Crippen LogP contribution in [0.1, 0.15) is 17.3 Å². The number of esters is 1. The van der Waals surface area contributed by atoms with Gasteiger partial charge in [0.1, 0.15) is 17.2 Å². The summed E-state index contributed by atoms with van der Waals surface area (Å²) in [7, 11) is 0. The molecule has 0 bridgehead atoms.